The highest BCUT2D eigenvalue weighted by atomic mass is 35.5. The van der Waals surface area contributed by atoms with E-state index in [1.165, 1.54) is 23.1 Å². The van der Waals surface area contributed by atoms with Crippen molar-refractivity contribution in [2.75, 3.05) is 24.6 Å². The van der Waals surface area contributed by atoms with Crippen molar-refractivity contribution < 1.29 is 27.5 Å². The summed E-state index contributed by atoms with van der Waals surface area (Å²) in [4.78, 5) is 27.7. The minimum absolute atomic E-state index is 0.00806. The van der Waals surface area contributed by atoms with E-state index >= 15 is 0 Å². The fraction of sp³-hybridized carbons (Fsp3) is 0.333. The van der Waals surface area contributed by atoms with E-state index in [2.05, 4.69) is 10.0 Å². The first-order valence-corrected chi connectivity index (χ1v) is 15.5. The summed E-state index contributed by atoms with van der Waals surface area (Å²) in [7, 11) is -3.72. The highest BCUT2D eigenvalue weighted by molar-refractivity contribution is 7.89. The molecule has 1 fully saturated rings. The van der Waals surface area contributed by atoms with Gasteiger partial charge in [0.1, 0.15) is 11.5 Å². The van der Waals surface area contributed by atoms with Crippen LogP contribution in [0, 0.1) is 0 Å². The van der Waals surface area contributed by atoms with Crippen LogP contribution in [0.4, 0.5) is 5.69 Å². The third kappa shape index (κ3) is 7.19. The number of para-hydroxylation sites is 2. The predicted octanol–water partition coefficient (Wildman–Crippen LogP) is 4.09. The van der Waals surface area contributed by atoms with Gasteiger partial charge in [0.05, 0.1) is 22.2 Å². The predicted molar refractivity (Wildman–Crippen MR) is 156 cm³/mol. The lowest BCUT2D eigenvalue weighted by Gasteiger charge is -2.34. The Morgan fingerprint density at radius 2 is 1.73 bits per heavy atom. The average Bonchev–Trinajstić information content (AvgIpc) is 3.48. The van der Waals surface area contributed by atoms with Gasteiger partial charge in [-0.25, -0.2) is 13.1 Å². The van der Waals surface area contributed by atoms with Crippen LogP contribution in [0.5, 0.6) is 11.5 Å². The van der Waals surface area contributed by atoms with E-state index in [1.807, 2.05) is 30.3 Å². The van der Waals surface area contributed by atoms with Gasteiger partial charge in [-0.1, -0.05) is 66.9 Å². The first-order chi connectivity index (χ1) is 19.8. The number of benzene rings is 3. The van der Waals surface area contributed by atoms with Crippen LogP contribution < -0.4 is 24.4 Å². The number of nitrogens with zero attached hydrogens (tertiary/aromatic N) is 1. The van der Waals surface area contributed by atoms with Gasteiger partial charge in [-0.3, -0.25) is 9.59 Å². The Bertz CT molecular complexity index is 1500. The molecule has 0 spiro atoms. The largest absolute Gasteiger partial charge is 0.482 e. The highest BCUT2D eigenvalue weighted by Crippen LogP contribution is 2.34. The van der Waals surface area contributed by atoms with Gasteiger partial charge in [-0.05, 0) is 55.2 Å². The fourth-order valence-corrected chi connectivity index (χ4v) is 6.64. The molecule has 3 aromatic carbocycles. The Kier molecular flexibility index (Phi) is 9.12. The van der Waals surface area contributed by atoms with Crippen molar-refractivity contribution in [2.45, 2.75) is 49.1 Å². The van der Waals surface area contributed by atoms with Gasteiger partial charge >= 0.3 is 0 Å². The first-order valence-electron chi connectivity index (χ1n) is 13.6. The van der Waals surface area contributed by atoms with Crippen LogP contribution in [0.1, 0.15) is 31.2 Å². The summed E-state index contributed by atoms with van der Waals surface area (Å²) in [5.74, 6) is -0.132. The van der Waals surface area contributed by atoms with Gasteiger partial charge in [0.2, 0.25) is 10.0 Å². The summed E-state index contributed by atoms with van der Waals surface area (Å²) in [6.45, 7) is 0.0682. The van der Waals surface area contributed by atoms with E-state index in [0.717, 1.165) is 31.2 Å². The highest BCUT2D eigenvalue weighted by Gasteiger charge is 2.34. The minimum atomic E-state index is -3.72. The molecule has 1 atom stereocenters. The van der Waals surface area contributed by atoms with Gasteiger partial charge in [0.15, 0.2) is 12.7 Å². The maximum absolute atomic E-state index is 13.3. The standard InChI is InChI=1S/C30H32ClN3O6S/c31-24-18-23(41(37,38)33-22-10-4-5-11-22)14-15-26(24)39-20-29(35)34-19-28(40-27-13-7-6-12-25(27)34)30(36)32-17-16-21-8-2-1-3-9-21/h1-3,6-9,12-15,18,22,28,33H,4-5,10-11,16-17,19-20H2,(H,32,36). The molecule has 2 aliphatic rings. The molecule has 1 aliphatic heterocycles. The number of fused-ring (bicyclic) bond motifs is 1. The Morgan fingerprint density at radius 3 is 2.49 bits per heavy atom. The van der Waals surface area contributed by atoms with Crippen LogP contribution in [-0.2, 0) is 26.0 Å². The molecule has 216 valence electrons. The summed E-state index contributed by atoms with van der Waals surface area (Å²) in [6, 6.07) is 20.9. The molecule has 1 saturated carbocycles. The van der Waals surface area contributed by atoms with Gasteiger partial charge in [0, 0.05) is 12.6 Å². The van der Waals surface area contributed by atoms with Crippen molar-refractivity contribution in [3.05, 3.63) is 83.4 Å². The number of rotatable bonds is 10. The number of carbonyl (C=O) groups excluding carboxylic acids is 2. The van der Waals surface area contributed by atoms with E-state index in [4.69, 9.17) is 21.1 Å². The number of hydrogen-bond acceptors (Lipinski definition) is 6. The molecule has 41 heavy (non-hydrogen) atoms. The van der Waals surface area contributed by atoms with Crippen LogP contribution in [-0.4, -0.2) is 52.1 Å². The van der Waals surface area contributed by atoms with Crippen molar-refractivity contribution in [3.8, 4) is 11.5 Å². The van der Waals surface area contributed by atoms with Gasteiger partial charge in [-0.2, -0.15) is 0 Å². The third-order valence-electron chi connectivity index (χ3n) is 7.16. The molecule has 11 heteroatoms. The molecule has 0 bridgehead atoms. The molecular weight excluding hydrogens is 566 g/mol. The second-order valence-electron chi connectivity index (χ2n) is 10.1. The van der Waals surface area contributed by atoms with Gasteiger partial charge in [0.25, 0.3) is 11.8 Å². The summed E-state index contributed by atoms with van der Waals surface area (Å²) >= 11 is 6.34. The number of carbonyl (C=O) groups is 2. The first kappa shape index (κ1) is 28.9. The van der Waals surface area contributed by atoms with Gasteiger partial charge < -0.3 is 19.7 Å². The number of anilines is 1. The SMILES string of the molecule is O=C(NCCc1ccccc1)C1CN(C(=O)COc2ccc(S(=O)(=O)NC3CCCC3)cc2Cl)c2ccccc2O1. The molecule has 0 saturated heterocycles. The Labute approximate surface area is 244 Å². The van der Waals surface area contributed by atoms with E-state index < -0.39 is 22.0 Å². The van der Waals surface area contributed by atoms with E-state index in [-0.39, 0.29) is 40.8 Å². The van der Waals surface area contributed by atoms with Crippen molar-refractivity contribution in [3.63, 3.8) is 0 Å². The van der Waals surface area contributed by atoms with Crippen LogP contribution in [0.15, 0.2) is 77.7 Å². The monoisotopic (exact) mass is 597 g/mol. The van der Waals surface area contributed by atoms with E-state index in [1.54, 1.807) is 24.3 Å². The lowest BCUT2D eigenvalue weighted by Crippen LogP contribution is -2.52. The maximum atomic E-state index is 13.3. The number of hydrogen-bond donors (Lipinski definition) is 2. The van der Waals surface area contributed by atoms with Crippen LogP contribution in [0.25, 0.3) is 0 Å². The zero-order chi connectivity index (χ0) is 28.8. The maximum Gasteiger partial charge on any atom is 0.265 e. The fourth-order valence-electron chi connectivity index (χ4n) is 5.01. The molecule has 0 radical (unpaired) electrons. The normalized spacial score (nSPS) is 17.0. The van der Waals surface area contributed by atoms with E-state index in [0.29, 0.717) is 24.4 Å². The third-order valence-corrected chi connectivity index (χ3v) is 8.98. The lowest BCUT2D eigenvalue weighted by molar-refractivity contribution is -0.128. The zero-order valence-electron chi connectivity index (χ0n) is 22.4. The Hall–Kier alpha value is -3.60. The molecule has 1 aliphatic carbocycles. The van der Waals surface area contributed by atoms with Crippen molar-refractivity contribution in [2.24, 2.45) is 0 Å². The molecule has 2 N–H and O–H groups in total. The minimum Gasteiger partial charge on any atom is -0.482 e. The number of amides is 2. The van der Waals surface area contributed by atoms with Crippen molar-refractivity contribution in [1.82, 2.24) is 10.0 Å². The molecule has 3 aromatic rings. The summed E-state index contributed by atoms with van der Waals surface area (Å²) in [6.07, 6.45) is 3.41. The Morgan fingerprint density at radius 1 is 1.00 bits per heavy atom. The zero-order valence-corrected chi connectivity index (χ0v) is 24.0. The Balaban J connectivity index is 1.21. The molecule has 1 heterocycles. The topological polar surface area (TPSA) is 114 Å². The number of nitrogens with one attached hydrogen (secondary N) is 2. The lowest BCUT2D eigenvalue weighted by atomic mass is 10.1. The van der Waals surface area contributed by atoms with Crippen LogP contribution in [0.3, 0.4) is 0 Å². The molecule has 2 amide bonds. The second-order valence-corrected chi connectivity index (χ2v) is 12.2. The quantitative estimate of drug-likeness (QED) is 0.364. The molecule has 1 unspecified atom stereocenters. The summed E-state index contributed by atoms with van der Waals surface area (Å²) < 4.78 is 39.8. The summed E-state index contributed by atoms with van der Waals surface area (Å²) in [5.41, 5.74) is 1.63. The number of ether oxygens (including phenoxy) is 2. The molecular formula is C30H32ClN3O6S. The summed E-state index contributed by atoms with van der Waals surface area (Å²) in [5, 5.41) is 2.97. The smallest absolute Gasteiger partial charge is 0.265 e. The van der Waals surface area contributed by atoms with Gasteiger partial charge in [-0.15, -0.1) is 0 Å². The van der Waals surface area contributed by atoms with E-state index in [9.17, 15) is 18.0 Å². The van der Waals surface area contributed by atoms with Crippen LogP contribution in [0.2, 0.25) is 5.02 Å². The average molecular weight is 598 g/mol. The number of sulfonamides is 1. The molecule has 9 nitrogen and oxygen atoms in total. The second kappa shape index (κ2) is 12.9. The molecule has 5 rings (SSSR count). The number of halogens is 1. The van der Waals surface area contributed by atoms with Crippen molar-refractivity contribution >= 4 is 39.1 Å². The van der Waals surface area contributed by atoms with Crippen molar-refractivity contribution in [1.29, 1.82) is 0 Å². The molecule has 0 aromatic heterocycles. The van der Waals surface area contributed by atoms with Crippen LogP contribution >= 0.6 is 11.6 Å².